The van der Waals surface area contributed by atoms with Crippen LogP contribution in [0.3, 0.4) is 0 Å². The minimum absolute atomic E-state index is 0.290. The number of thioether (sulfide) groups is 1. The Morgan fingerprint density at radius 3 is 2.64 bits per heavy atom. The maximum absolute atomic E-state index is 9.49. The van der Waals surface area contributed by atoms with E-state index in [1.807, 2.05) is 12.1 Å². The van der Waals surface area contributed by atoms with E-state index in [0.29, 0.717) is 5.75 Å². The zero-order valence-corrected chi connectivity index (χ0v) is 9.34. The van der Waals surface area contributed by atoms with E-state index in [1.54, 1.807) is 37.7 Å². The first-order valence-corrected chi connectivity index (χ1v) is 5.60. The van der Waals surface area contributed by atoms with Gasteiger partial charge in [0.25, 0.3) is 0 Å². The third kappa shape index (κ3) is 4.53. The lowest BCUT2D eigenvalue weighted by Crippen LogP contribution is -2.18. The Labute approximate surface area is 89.0 Å². The minimum Gasteiger partial charge on any atom is -0.508 e. The third-order valence-electron chi connectivity index (χ3n) is 1.80. The Morgan fingerprint density at radius 1 is 1.36 bits per heavy atom. The van der Waals surface area contributed by atoms with E-state index >= 15 is 0 Å². The van der Waals surface area contributed by atoms with Crippen molar-refractivity contribution < 1.29 is 10.2 Å². The summed E-state index contributed by atoms with van der Waals surface area (Å²) >= 11 is 1.64. The molecule has 0 atom stereocenters. The Hall–Kier alpha value is -0.670. The van der Waals surface area contributed by atoms with Gasteiger partial charge in [0.1, 0.15) is 5.75 Å². The third-order valence-corrected chi connectivity index (χ3v) is 2.80. The molecule has 0 aromatic heterocycles. The van der Waals surface area contributed by atoms with Gasteiger partial charge in [-0.3, -0.25) is 0 Å². The van der Waals surface area contributed by atoms with Gasteiger partial charge in [-0.05, 0) is 38.5 Å². The van der Waals surface area contributed by atoms with Crippen LogP contribution in [0.2, 0.25) is 0 Å². The second kappa shape index (κ2) is 4.71. The molecule has 0 aliphatic heterocycles. The quantitative estimate of drug-likeness (QED) is 0.754. The van der Waals surface area contributed by atoms with Crippen molar-refractivity contribution in [3.05, 3.63) is 24.3 Å². The van der Waals surface area contributed by atoms with E-state index in [4.69, 9.17) is 0 Å². The van der Waals surface area contributed by atoms with Crippen molar-refractivity contribution in [2.75, 3.05) is 5.75 Å². The fourth-order valence-electron chi connectivity index (χ4n) is 0.992. The molecule has 0 bridgehead atoms. The van der Waals surface area contributed by atoms with Gasteiger partial charge in [-0.1, -0.05) is 6.07 Å². The summed E-state index contributed by atoms with van der Waals surface area (Å²) in [5.74, 6) is 1.14. The van der Waals surface area contributed by atoms with E-state index in [1.165, 1.54) is 0 Å². The van der Waals surface area contributed by atoms with Crippen LogP contribution >= 0.6 is 11.8 Å². The zero-order chi connectivity index (χ0) is 10.6. The van der Waals surface area contributed by atoms with Gasteiger partial charge in [0.05, 0.1) is 5.60 Å². The SMILES string of the molecule is CC(C)(O)CCSc1cccc(O)c1. The van der Waals surface area contributed by atoms with Crippen molar-refractivity contribution in [3.8, 4) is 5.75 Å². The van der Waals surface area contributed by atoms with E-state index in [0.717, 1.165) is 17.1 Å². The number of aliphatic hydroxyl groups is 1. The Balaban J connectivity index is 2.39. The van der Waals surface area contributed by atoms with Crippen LogP contribution in [0.1, 0.15) is 20.3 Å². The van der Waals surface area contributed by atoms with Crippen LogP contribution in [0.15, 0.2) is 29.2 Å². The Bertz CT molecular complexity index is 292. The summed E-state index contributed by atoms with van der Waals surface area (Å²) in [7, 11) is 0. The average Bonchev–Trinajstić information content (AvgIpc) is 2.01. The molecule has 1 aromatic carbocycles. The van der Waals surface area contributed by atoms with Crippen LogP contribution in [0, 0.1) is 0 Å². The highest BCUT2D eigenvalue weighted by Gasteiger charge is 2.11. The van der Waals surface area contributed by atoms with Gasteiger partial charge < -0.3 is 10.2 Å². The number of benzene rings is 1. The highest BCUT2D eigenvalue weighted by atomic mass is 32.2. The molecule has 2 nitrogen and oxygen atoms in total. The second-order valence-electron chi connectivity index (χ2n) is 3.91. The summed E-state index contributed by atoms with van der Waals surface area (Å²) in [5.41, 5.74) is -0.607. The van der Waals surface area contributed by atoms with E-state index in [2.05, 4.69) is 0 Å². The largest absolute Gasteiger partial charge is 0.508 e. The number of rotatable bonds is 4. The van der Waals surface area contributed by atoms with Gasteiger partial charge in [0, 0.05) is 10.6 Å². The monoisotopic (exact) mass is 212 g/mol. The molecule has 0 aliphatic carbocycles. The molecule has 2 N–H and O–H groups in total. The van der Waals surface area contributed by atoms with Gasteiger partial charge in [0.15, 0.2) is 0 Å². The van der Waals surface area contributed by atoms with E-state index < -0.39 is 5.60 Å². The van der Waals surface area contributed by atoms with Crippen LogP contribution in [0.4, 0.5) is 0 Å². The molecule has 0 aliphatic rings. The van der Waals surface area contributed by atoms with Crippen LogP contribution < -0.4 is 0 Å². The summed E-state index contributed by atoms with van der Waals surface area (Å²) < 4.78 is 0. The first-order valence-electron chi connectivity index (χ1n) is 4.61. The number of hydrogen-bond donors (Lipinski definition) is 2. The molecule has 0 heterocycles. The van der Waals surface area contributed by atoms with Gasteiger partial charge in [-0.25, -0.2) is 0 Å². The molecule has 1 rings (SSSR count). The van der Waals surface area contributed by atoms with Crippen LogP contribution in [0.25, 0.3) is 0 Å². The van der Waals surface area contributed by atoms with Crippen molar-refractivity contribution in [2.24, 2.45) is 0 Å². The Kier molecular flexibility index (Phi) is 3.84. The number of hydrogen-bond acceptors (Lipinski definition) is 3. The average molecular weight is 212 g/mol. The molecule has 1 aromatic rings. The molecular formula is C11H16O2S. The molecule has 14 heavy (non-hydrogen) atoms. The molecule has 0 saturated carbocycles. The van der Waals surface area contributed by atoms with Gasteiger partial charge in [-0.2, -0.15) is 0 Å². The summed E-state index contributed by atoms with van der Waals surface area (Å²) in [5, 5.41) is 18.7. The van der Waals surface area contributed by atoms with Crippen LogP contribution in [-0.2, 0) is 0 Å². The molecule has 0 saturated heterocycles. The van der Waals surface area contributed by atoms with Crippen molar-refractivity contribution in [3.63, 3.8) is 0 Å². The summed E-state index contributed by atoms with van der Waals surface area (Å²) in [6, 6.07) is 7.16. The lowest BCUT2D eigenvalue weighted by molar-refractivity contribution is 0.0778. The number of aromatic hydroxyl groups is 1. The van der Waals surface area contributed by atoms with Crippen molar-refractivity contribution >= 4 is 11.8 Å². The molecule has 0 spiro atoms. The zero-order valence-electron chi connectivity index (χ0n) is 8.53. The topological polar surface area (TPSA) is 40.5 Å². The van der Waals surface area contributed by atoms with Crippen LogP contribution in [0.5, 0.6) is 5.75 Å². The molecule has 0 amide bonds. The smallest absolute Gasteiger partial charge is 0.116 e. The summed E-state index contributed by atoms with van der Waals surface area (Å²) in [4.78, 5) is 1.04. The van der Waals surface area contributed by atoms with E-state index in [-0.39, 0.29) is 0 Å². The lowest BCUT2D eigenvalue weighted by atomic mass is 10.1. The van der Waals surface area contributed by atoms with Gasteiger partial charge in [-0.15, -0.1) is 11.8 Å². The maximum atomic E-state index is 9.49. The molecular weight excluding hydrogens is 196 g/mol. The predicted molar refractivity (Wildman–Crippen MR) is 59.7 cm³/mol. The normalized spacial score (nSPS) is 11.6. The van der Waals surface area contributed by atoms with Crippen LogP contribution in [-0.4, -0.2) is 21.6 Å². The molecule has 0 radical (unpaired) electrons. The molecule has 78 valence electrons. The number of phenolic OH excluding ortho intramolecular Hbond substituents is 1. The molecule has 0 fully saturated rings. The minimum atomic E-state index is -0.607. The lowest BCUT2D eigenvalue weighted by Gasteiger charge is -2.16. The maximum Gasteiger partial charge on any atom is 0.116 e. The fourth-order valence-corrected chi connectivity index (χ4v) is 2.21. The van der Waals surface area contributed by atoms with Gasteiger partial charge >= 0.3 is 0 Å². The number of phenols is 1. The van der Waals surface area contributed by atoms with Crippen molar-refractivity contribution in [2.45, 2.75) is 30.8 Å². The fraction of sp³-hybridized carbons (Fsp3) is 0.455. The second-order valence-corrected chi connectivity index (χ2v) is 5.08. The van der Waals surface area contributed by atoms with Crippen molar-refractivity contribution in [1.82, 2.24) is 0 Å². The molecule has 3 heteroatoms. The standard InChI is InChI=1S/C11H16O2S/c1-11(2,13)6-7-14-10-5-3-4-9(12)8-10/h3-5,8,12-13H,6-7H2,1-2H3. The van der Waals surface area contributed by atoms with Gasteiger partial charge in [0.2, 0.25) is 0 Å². The first kappa shape index (κ1) is 11.4. The highest BCUT2D eigenvalue weighted by Crippen LogP contribution is 2.24. The van der Waals surface area contributed by atoms with Crippen molar-refractivity contribution in [1.29, 1.82) is 0 Å². The highest BCUT2D eigenvalue weighted by molar-refractivity contribution is 7.99. The van der Waals surface area contributed by atoms with E-state index in [9.17, 15) is 10.2 Å². The Morgan fingerprint density at radius 2 is 2.07 bits per heavy atom. The summed E-state index contributed by atoms with van der Waals surface area (Å²) in [6.07, 6.45) is 0.743. The first-order chi connectivity index (χ1) is 6.47. The predicted octanol–water partition coefficient (Wildman–Crippen LogP) is 2.65. The summed E-state index contributed by atoms with van der Waals surface area (Å²) in [6.45, 7) is 3.60. The molecule has 0 unspecified atom stereocenters.